The fourth-order valence-electron chi connectivity index (χ4n) is 2.84. The summed E-state index contributed by atoms with van der Waals surface area (Å²) in [6.07, 6.45) is 0. The van der Waals surface area contributed by atoms with Gasteiger partial charge in [-0.05, 0) is 19.9 Å². The maximum absolute atomic E-state index is 11.8. The zero-order valence-corrected chi connectivity index (χ0v) is 13.7. The van der Waals surface area contributed by atoms with Crippen LogP contribution in [0.1, 0.15) is 17.1 Å². The van der Waals surface area contributed by atoms with Crippen molar-refractivity contribution in [3.05, 3.63) is 45.7 Å². The molecule has 0 aliphatic carbocycles. The average Bonchev–Trinajstić information content (AvgIpc) is 2.95. The van der Waals surface area contributed by atoms with E-state index in [0.717, 1.165) is 56.4 Å². The molecule has 0 aromatic carbocycles. The molecule has 0 bridgehead atoms. The third-order valence-corrected chi connectivity index (χ3v) is 4.16. The number of piperazine rings is 1. The fraction of sp³-hybridized carbons (Fsp3) is 0.562. The smallest absolute Gasteiger partial charge is 0.266 e. The Hall–Kier alpha value is -1.99. The van der Waals surface area contributed by atoms with Crippen molar-refractivity contribution in [1.82, 2.24) is 24.7 Å². The van der Waals surface area contributed by atoms with Crippen LogP contribution in [0.2, 0.25) is 0 Å². The Morgan fingerprint density at radius 2 is 1.83 bits per heavy atom. The summed E-state index contributed by atoms with van der Waals surface area (Å²) in [5, 5.41) is 8.32. The topological polar surface area (TPSA) is 67.4 Å². The molecule has 3 rings (SSSR count). The molecule has 1 saturated heterocycles. The van der Waals surface area contributed by atoms with Gasteiger partial charge in [0, 0.05) is 51.4 Å². The largest absolute Gasteiger partial charge is 0.361 e. The molecular formula is C16H23N5O2. The minimum absolute atomic E-state index is 0.0318. The zero-order valence-electron chi connectivity index (χ0n) is 13.7. The average molecular weight is 317 g/mol. The lowest BCUT2D eigenvalue weighted by Gasteiger charge is -2.34. The van der Waals surface area contributed by atoms with Crippen LogP contribution >= 0.6 is 0 Å². The van der Waals surface area contributed by atoms with Crippen LogP contribution in [-0.2, 0) is 13.1 Å². The predicted octanol–water partition coefficient (Wildman–Crippen LogP) is 0.666. The highest BCUT2D eigenvalue weighted by Gasteiger charge is 2.18. The highest BCUT2D eigenvalue weighted by molar-refractivity contribution is 5.03. The lowest BCUT2D eigenvalue weighted by atomic mass is 10.3. The minimum Gasteiger partial charge on any atom is -0.361 e. The number of hydrogen-bond acceptors (Lipinski definition) is 6. The van der Waals surface area contributed by atoms with Gasteiger partial charge in [-0.3, -0.25) is 14.6 Å². The molecule has 3 heterocycles. The lowest BCUT2D eigenvalue weighted by molar-refractivity contribution is 0.120. The quantitative estimate of drug-likeness (QED) is 0.807. The van der Waals surface area contributed by atoms with E-state index in [4.69, 9.17) is 4.52 Å². The molecule has 1 aliphatic heterocycles. The highest BCUT2D eigenvalue weighted by atomic mass is 16.5. The second kappa shape index (κ2) is 7.06. The fourth-order valence-corrected chi connectivity index (χ4v) is 2.84. The molecule has 1 fully saturated rings. The Labute approximate surface area is 135 Å². The van der Waals surface area contributed by atoms with Crippen LogP contribution in [0, 0.1) is 13.8 Å². The minimum atomic E-state index is -0.0318. The van der Waals surface area contributed by atoms with Crippen molar-refractivity contribution in [1.29, 1.82) is 0 Å². The van der Waals surface area contributed by atoms with Gasteiger partial charge in [0.15, 0.2) is 0 Å². The van der Waals surface area contributed by atoms with Crippen LogP contribution in [0.25, 0.3) is 0 Å². The van der Waals surface area contributed by atoms with Crippen molar-refractivity contribution in [3.8, 4) is 0 Å². The summed E-state index contributed by atoms with van der Waals surface area (Å²) in [6.45, 7) is 10.1. The molecule has 0 saturated carbocycles. The summed E-state index contributed by atoms with van der Waals surface area (Å²) in [5.74, 6) is 0.856. The maximum Gasteiger partial charge on any atom is 0.266 e. The first kappa shape index (κ1) is 15.9. The second-order valence-electron chi connectivity index (χ2n) is 6.08. The van der Waals surface area contributed by atoms with Crippen molar-refractivity contribution >= 4 is 0 Å². The van der Waals surface area contributed by atoms with Crippen LogP contribution in [0.15, 0.2) is 27.5 Å². The van der Waals surface area contributed by atoms with E-state index in [1.165, 1.54) is 0 Å². The lowest BCUT2D eigenvalue weighted by Crippen LogP contribution is -2.47. The molecule has 2 aromatic heterocycles. The molecule has 2 aromatic rings. The van der Waals surface area contributed by atoms with Crippen LogP contribution < -0.4 is 5.56 Å². The Kier molecular flexibility index (Phi) is 4.88. The van der Waals surface area contributed by atoms with Gasteiger partial charge in [0.25, 0.3) is 5.56 Å². The number of hydrogen-bond donors (Lipinski definition) is 0. The van der Waals surface area contributed by atoms with Gasteiger partial charge in [0.2, 0.25) is 0 Å². The first-order chi connectivity index (χ1) is 11.1. The third kappa shape index (κ3) is 4.27. The van der Waals surface area contributed by atoms with Crippen LogP contribution in [-0.4, -0.2) is 57.5 Å². The molecule has 0 N–H and O–H groups in total. The van der Waals surface area contributed by atoms with E-state index in [9.17, 15) is 4.79 Å². The van der Waals surface area contributed by atoms with Gasteiger partial charge in [-0.1, -0.05) is 5.16 Å². The molecule has 23 heavy (non-hydrogen) atoms. The summed E-state index contributed by atoms with van der Waals surface area (Å²) in [7, 11) is 0. The first-order valence-electron chi connectivity index (χ1n) is 8.02. The number of nitrogens with zero attached hydrogens (tertiary/aromatic N) is 5. The summed E-state index contributed by atoms with van der Waals surface area (Å²) in [4.78, 5) is 16.5. The van der Waals surface area contributed by atoms with Crippen molar-refractivity contribution in [2.75, 3.05) is 32.7 Å². The summed E-state index contributed by atoms with van der Waals surface area (Å²) in [5.41, 5.74) is 1.83. The summed E-state index contributed by atoms with van der Waals surface area (Å²) in [6, 6.07) is 5.32. The van der Waals surface area contributed by atoms with E-state index in [1.807, 2.05) is 19.9 Å². The van der Waals surface area contributed by atoms with Crippen LogP contribution in [0.4, 0.5) is 0 Å². The SMILES string of the molecule is Cc1ccc(=O)n(CCN2CCN(Cc3cc(C)on3)CC2)n1. The van der Waals surface area contributed by atoms with Crippen molar-refractivity contribution in [3.63, 3.8) is 0 Å². The van der Waals surface area contributed by atoms with E-state index in [2.05, 4.69) is 20.1 Å². The standard InChI is InChI=1S/C16H23N5O2/c1-13-3-4-16(22)21(17-13)10-9-19-5-7-20(8-6-19)12-15-11-14(2)23-18-15/h3-4,11H,5-10,12H2,1-2H3. The molecule has 1 aliphatic rings. The highest BCUT2D eigenvalue weighted by Crippen LogP contribution is 2.09. The molecule has 0 spiro atoms. The molecule has 0 unspecified atom stereocenters. The Bertz CT molecular complexity index is 700. The predicted molar refractivity (Wildman–Crippen MR) is 86.2 cm³/mol. The van der Waals surface area contributed by atoms with Gasteiger partial charge in [-0.25, -0.2) is 4.68 Å². The van der Waals surface area contributed by atoms with E-state index in [1.54, 1.807) is 16.8 Å². The summed E-state index contributed by atoms with van der Waals surface area (Å²) < 4.78 is 6.66. The van der Waals surface area contributed by atoms with E-state index >= 15 is 0 Å². The molecule has 7 heteroatoms. The molecule has 7 nitrogen and oxygen atoms in total. The molecule has 0 atom stereocenters. The van der Waals surface area contributed by atoms with Crippen molar-refractivity contribution in [2.24, 2.45) is 0 Å². The number of aromatic nitrogens is 3. The van der Waals surface area contributed by atoms with Gasteiger partial charge < -0.3 is 4.52 Å². The molecular weight excluding hydrogens is 294 g/mol. The van der Waals surface area contributed by atoms with Gasteiger partial charge >= 0.3 is 0 Å². The summed E-state index contributed by atoms with van der Waals surface area (Å²) >= 11 is 0. The monoisotopic (exact) mass is 317 g/mol. The molecule has 0 radical (unpaired) electrons. The van der Waals surface area contributed by atoms with Gasteiger partial charge in [0.05, 0.1) is 17.9 Å². The van der Waals surface area contributed by atoms with Gasteiger partial charge in [-0.15, -0.1) is 0 Å². The van der Waals surface area contributed by atoms with Gasteiger partial charge in [0.1, 0.15) is 5.76 Å². The Balaban J connectivity index is 1.46. The first-order valence-corrected chi connectivity index (χ1v) is 8.02. The van der Waals surface area contributed by atoms with E-state index in [0.29, 0.717) is 6.54 Å². The maximum atomic E-state index is 11.8. The van der Waals surface area contributed by atoms with Crippen LogP contribution in [0.3, 0.4) is 0 Å². The Morgan fingerprint density at radius 3 is 2.52 bits per heavy atom. The van der Waals surface area contributed by atoms with Crippen molar-refractivity contribution in [2.45, 2.75) is 26.9 Å². The Morgan fingerprint density at radius 1 is 1.09 bits per heavy atom. The van der Waals surface area contributed by atoms with E-state index < -0.39 is 0 Å². The second-order valence-corrected chi connectivity index (χ2v) is 6.08. The van der Waals surface area contributed by atoms with Crippen LogP contribution in [0.5, 0.6) is 0 Å². The third-order valence-electron chi connectivity index (χ3n) is 4.16. The van der Waals surface area contributed by atoms with Crippen molar-refractivity contribution < 1.29 is 4.52 Å². The number of aryl methyl sites for hydroxylation is 2. The zero-order chi connectivity index (χ0) is 16.2. The van der Waals surface area contributed by atoms with Gasteiger partial charge in [-0.2, -0.15) is 5.10 Å². The molecule has 124 valence electrons. The normalized spacial score (nSPS) is 16.8. The molecule has 0 amide bonds. The van der Waals surface area contributed by atoms with E-state index in [-0.39, 0.29) is 5.56 Å². The number of rotatable bonds is 5.